The zero-order valence-electron chi connectivity index (χ0n) is 17.4. The quantitative estimate of drug-likeness (QED) is 0.517. The fourth-order valence-electron chi connectivity index (χ4n) is 3.10. The molecular weight excluding hydrogens is 338 g/mol. The normalized spacial score (nSPS) is 14.1. The lowest BCUT2D eigenvalue weighted by Crippen LogP contribution is -2.43. The highest BCUT2D eigenvalue weighted by Gasteiger charge is 2.14. The summed E-state index contributed by atoms with van der Waals surface area (Å²) in [5, 5.41) is 21.6. The number of aliphatic hydroxyl groups excluding tert-OH is 1. The van der Waals surface area contributed by atoms with E-state index in [2.05, 4.69) is 34.6 Å². The highest BCUT2D eigenvalue weighted by molar-refractivity contribution is 5.80. The van der Waals surface area contributed by atoms with Crippen molar-refractivity contribution in [2.45, 2.75) is 53.2 Å². The van der Waals surface area contributed by atoms with Crippen LogP contribution in [0.5, 0.6) is 0 Å². The van der Waals surface area contributed by atoms with Gasteiger partial charge in [0.1, 0.15) is 0 Å². The number of aliphatic imine (C=N–C) groups is 1. The number of hydrogen-bond donors (Lipinski definition) is 3. The summed E-state index contributed by atoms with van der Waals surface area (Å²) in [4.78, 5) is 4.57. The molecule has 0 aliphatic carbocycles. The van der Waals surface area contributed by atoms with E-state index < -0.39 is 6.10 Å². The third kappa shape index (κ3) is 5.82. The molecule has 0 bridgehead atoms. The van der Waals surface area contributed by atoms with E-state index in [1.165, 1.54) is 16.8 Å². The van der Waals surface area contributed by atoms with Gasteiger partial charge in [-0.3, -0.25) is 9.67 Å². The number of aliphatic hydroxyl groups is 1. The summed E-state index contributed by atoms with van der Waals surface area (Å²) in [6, 6.07) is 8.11. The SMILES string of the molecule is CCNC(=NCC(O)c1ccc(C)cc1)NC(C)Cc1c(C)nn(C)c1C. The molecule has 0 saturated heterocycles. The summed E-state index contributed by atoms with van der Waals surface area (Å²) in [6.07, 6.45) is 0.260. The van der Waals surface area contributed by atoms with Crippen LogP contribution in [0.15, 0.2) is 29.3 Å². The lowest BCUT2D eigenvalue weighted by molar-refractivity contribution is 0.187. The molecule has 0 saturated carbocycles. The van der Waals surface area contributed by atoms with E-state index in [4.69, 9.17) is 0 Å². The predicted octanol–water partition coefficient (Wildman–Crippen LogP) is 2.57. The minimum atomic E-state index is -0.612. The molecule has 2 rings (SSSR count). The smallest absolute Gasteiger partial charge is 0.191 e. The van der Waals surface area contributed by atoms with Gasteiger partial charge in [0.05, 0.1) is 18.3 Å². The Bertz CT molecular complexity index is 764. The maximum absolute atomic E-state index is 10.4. The number of nitrogens with one attached hydrogen (secondary N) is 2. The molecule has 0 spiro atoms. The molecule has 1 aromatic carbocycles. The largest absolute Gasteiger partial charge is 0.386 e. The number of aryl methyl sites for hydroxylation is 3. The van der Waals surface area contributed by atoms with Crippen molar-refractivity contribution in [2.75, 3.05) is 13.1 Å². The van der Waals surface area contributed by atoms with Crippen molar-refractivity contribution in [1.29, 1.82) is 0 Å². The molecule has 148 valence electrons. The van der Waals surface area contributed by atoms with Gasteiger partial charge in [-0.05, 0) is 52.2 Å². The van der Waals surface area contributed by atoms with Crippen molar-refractivity contribution >= 4 is 5.96 Å². The van der Waals surface area contributed by atoms with Gasteiger partial charge in [0.2, 0.25) is 0 Å². The summed E-state index contributed by atoms with van der Waals surface area (Å²) in [5.41, 5.74) is 5.60. The highest BCUT2D eigenvalue weighted by atomic mass is 16.3. The van der Waals surface area contributed by atoms with E-state index in [0.717, 1.165) is 30.2 Å². The molecule has 0 aliphatic heterocycles. The molecule has 1 aromatic heterocycles. The van der Waals surface area contributed by atoms with Crippen molar-refractivity contribution < 1.29 is 5.11 Å². The maximum Gasteiger partial charge on any atom is 0.191 e. The van der Waals surface area contributed by atoms with Crippen LogP contribution in [-0.4, -0.2) is 40.0 Å². The summed E-state index contributed by atoms with van der Waals surface area (Å²) < 4.78 is 1.93. The summed E-state index contributed by atoms with van der Waals surface area (Å²) in [5.74, 6) is 0.718. The lowest BCUT2D eigenvalue weighted by Gasteiger charge is -2.19. The molecule has 6 heteroatoms. The molecule has 2 aromatic rings. The number of rotatable bonds is 7. The van der Waals surface area contributed by atoms with E-state index in [-0.39, 0.29) is 6.04 Å². The predicted molar refractivity (Wildman–Crippen MR) is 111 cm³/mol. The minimum absolute atomic E-state index is 0.195. The van der Waals surface area contributed by atoms with Crippen molar-refractivity contribution in [1.82, 2.24) is 20.4 Å². The van der Waals surface area contributed by atoms with E-state index in [9.17, 15) is 5.11 Å². The monoisotopic (exact) mass is 371 g/mol. The third-order valence-electron chi connectivity index (χ3n) is 4.78. The van der Waals surface area contributed by atoms with Gasteiger partial charge in [-0.15, -0.1) is 0 Å². The van der Waals surface area contributed by atoms with Gasteiger partial charge in [-0.1, -0.05) is 29.8 Å². The fourth-order valence-corrected chi connectivity index (χ4v) is 3.10. The Morgan fingerprint density at radius 1 is 1.22 bits per heavy atom. The van der Waals surface area contributed by atoms with Crippen LogP contribution in [0.3, 0.4) is 0 Å². The summed E-state index contributed by atoms with van der Waals surface area (Å²) in [7, 11) is 1.97. The Hall–Kier alpha value is -2.34. The standard InChI is InChI=1S/C21H33N5O/c1-7-22-21(23-13-20(27)18-10-8-14(2)9-11-18)24-15(3)12-19-16(4)25-26(6)17(19)5/h8-11,15,20,27H,7,12-13H2,1-6H3,(H2,22,23,24). The molecular formula is C21H33N5O. The Labute approximate surface area is 162 Å². The topological polar surface area (TPSA) is 74.5 Å². The van der Waals surface area contributed by atoms with Gasteiger partial charge >= 0.3 is 0 Å². The number of aromatic nitrogens is 2. The summed E-state index contributed by atoms with van der Waals surface area (Å²) in [6.45, 7) is 11.4. The Morgan fingerprint density at radius 2 is 1.89 bits per heavy atom. The fraction of sp³-hybridized carbons (Fsp3) is 0.524. The van der Waals surface area contributed by atoms with Crippen molar-refractivity contribution in [3.8, 4) is 0 Å². The molecule has 0 amide bonds. The van der Waals surface area contributed by atoms with Crippen LogP contribution in [-0.2, 0) is 13.5 Å². The van der Waals surface area contributed by atoms with Crippen molar-refractivity contribution in [2.24, 2.45) is 12.0 Å². The van der Waals surface area contributed by atoms with E-state index in [1.807, 2.05) is 56.8 Å². The van der Waals surface area contributed by atoms with Crippen LogP contribution >= 0.6 is 0 Å². The molecule has 1 heterocycles. The van der Waals surface area contributed by atoms with Crippen LogP contribution in [0.2, 0.25) is 0 Å². The van der Waals surface area contributed by atoms with Crippen LogP contribution in [0.1, 0.15) is 48.0 Å². The summed E-state index contributed by atoms with van der Waals surface area (Å²) >= 11 is 0. The second-order valence-electron chi connectivity index (χ2n) is 7.17. The first kappa shape index (κ1) is 21.0. The van der Waals surface area contributed by atoms with Gasteiger partial charge in [0.15, 0.2) is 5.96 Å². The van der Waals surface area contributed by atoms with Gasteiger partial charge in [0.25, 0.3) is 0 Å². The van der Waals surface area contributed by atoms with Gasteiger partial charge in [0, 0.05) is 25.3 Å². The molecule has 6 nitrogen and oxygen atoms in total. The average Bonchev–Trinajstić information content (AvgIpc) is 2.86. The van der Waals surface area contributed by atoms with Crippen molar-refractivity contribution in [3.63, 3.8) is 0 Å². The molecule has 0 fully saturated rings. The number of nitrogens with zero attached hydrogens (tertiary/aromatic N) is 3. The molecule has 0 aliphatic rings. The first-order chi connectivity index (χ1) is 12.8. The third-order valence-corrected chi connectivity index (χ3v) is 4.78. The zero-order valence-corrected chi connectivity index (χ0v) is 17.4. The molecule has 2 atom stereocenters. The molecule has 0 radical (unpaired) electrons. The van der Waals surface area contributed by atoms with E-state index >= 15 is 0 Å². The van der Waals surface area contributed by atoms with Crippen molar-refractivity contribution in [3.05, 3.63) is 52.3 Å². The zero-order chi connectivity index (χ0) is 20.0. The highest BCUT2D eigenvalue weighted by Crippen LogP contribution is 2.15. The second kappa shape index (κ2) is 9.55. The van der Waals surface area contributed by atoms with Gasteiger partial charge in [-0.2, -0.15) is 5.10 Å². The lowest BCUT2D eigenvalue weighted by atomic mass is 10.1. The molecule has 27 heavy (non-hydrogen) atoms. The van der Waals surface area contributed by atoms with Gasteiger partial charge < -0.3 is 15.7 Å². The number of benzene rings is 1. The Balaban J connectivity index is 2.00. The van der Waals surface area contributed by atoms with Crippen LogP contribution in [0.25, 0.3) is 0 Å². The molecule has 2 unspecified atom stereocenters. The van der Waals surface area contributed by atoms with E-state index in [1.54, 1.807) is 0 Å². The number of hydrogen-bond acceptors (Lipinski definition) is 3. The van der Waals surface area contributed by atoms with Gasteiger partial charge in [-0.25, -0.2) is 0 Å². The average molecular weight is 372 g/mol. The first-order valence-electron chi connectivity index (χ1n) is 9.60. The van der Waals surface area contributed by atoms with Crippen LogP contribution in [0.4, 0.5) is 0 Å². The van der Waals surface area contributed by atoms with Crippen LogP contribution < -0.4 is 10.6 Å². The first-order valence-corrected chi connectivity index (χ1v) is 9.60. The minimum Gasteiger partial charge on any atom is -0.386 e. The Morgan fingerprint density at radius 3 is 2.44 bits per heavy atom. The Kier molecular flexibility index (Phi) is 7.42. The molecule has 3 N–H and O–H groups in total. The second-order valence-corrected chi connectivity index (χ2v) is 7.17. The number of guanidine groups is 1. The maximum atomic E-state index is 10.4. The van der Waals surface area contributed by atoms with E-state index in [0.29, 0.717) is 6.54 Å². The van der Waals surface area contributed by atoms with Crippen LogP contribution in [0, 0.1) is 20.8 Å².